The molecule has 28 heavy (non-hydrogen) atoms. The molecule has 3 heterocycles. The Morgan fingerprint density at radius 2 is 2.00 bits per heavy atom. The number of nitrogens with zero attached hydrogens (tertiary/aromatic N) is 3. The smallest absolute Gasteiger partial charge is 0.252 e. The topological polar surface area (TPSA) is 73.0 Å². The van der Waals surface area contributed by atoms with E-state index < -0.39 is 0 Å². The van der Waals surface area contributed by atoms with Crippen LogP contribution in [0, 0.1) is 12.7 Å². The lowest BCUT2D eigenvalue weighted by atomic mass is 10.1. The minimum Gasteiger partial charge on any atom is -0.463 e. The quantitative estimate of drug-likeness (QED) is 0.579. The molecule has 0 radical (unpaired) electrons. The lowest BCUT2D eigenvalue weighted by Crippen LogP contribution is -2.27. The number of rotatable bonds is 4. The molecule has 4 rings (SSSR count). The molecule has 0 bridgehead atoms. The van der Waals surface area contributed by atoms with Crippen molar-refractivity contribution in [3.05, 3.63) is 71.4 Å². The van der Waals surface area contributed by atoms with Gasteiger partial charge in [0.25, 0.3) is 5.91 Å². The summed E-state index contributed by atoms with van der Waals surface area (Å²) in [7, 11) is 1.79. The molecule has 0 saturated carbocycles. The summed E-state index contributed by atoms with van der Waals surface area (Å²) in [6, 6.07) is 11.1. The molecule has 1 atom stereocenters. The van der Waals surface area contributed by atoms with E-state index in [4.69, 9.17) is 4.42 Å². The van der Waals surface area contributed by atoms with E-state index in [2.05, 4.69) is 15.4 Å². The number of furan rings is 1. The molecule has 3 aromatic heterocycles. The van der Waals surface area contributed by atoms with Crippen LogP contribution in [0.4, 0.5) is 4.39 Å². The Morgan fingerprint density at radius 1 is 1.25 bits per heavy atom. The van der Waals surface area contributed by atoms with Crippen LogP contribution in [-0.4, -0.2) is 20.7 Å². The van der Waals surface area contributed by atoms with Crippen LogP contribution in [-0.2, 0) is 7.05 Å². The molecule has 0 saturated heterocycles. The SMILES string of the molecule is Cc1nn(C)c2nc(-c3ccco3)cc(C(=O)N[C@H](C)c3ccc(F)cc3)c12. The summed E-state index contributed by atoms with van der Waals surface area (Å²) in [5.41, 5.74) is 3.16. The largest absolute Gasteiger partial charge is 0.463 e. The Hall–Kier alpha value is -3.48. The van der Waals surface area contributed by atoms with Crippen molar-refractivity contribution < 1.29 is 13.6 Å². The van der Waals surface area contributed by atoms with Gasteiger partial charge in [0.2, 0.25) is 0 Å². The van der Waals surface area contributed by atoms with E-state index in [1.165, 1.54) is 12.1 Å². The lowest BCUT2D eigenvalue weighted by Gasteiger charge is -2.15. The zero-order chi connectivity index (χ0) is 19.8. The third kappa shape index (κ3) is 3.15. The fraction of sp³-hybridized carbons (Fsp3) is 0.190. The molecular weight excluding hydrogens is 359 g/mol. The molecule has 1 aromatic carbocycles. The first-order chi connectivity index (χ1) is 13.4. The zero-order valence-electron chi connectivity index (χ0n) is 15.7. The third-order valence-electron chi connectivity index (χ3n) is 4.70. The number of carbonyl (C=O) groups excluding carboxylic acids is 1. The molecule has 0 fully saturated rings. The molecule has 142 valence electrons. The number of aryl methyl sites for hydroxylation is 2. The monoisotopic (exact) mass is 378 g/mol. The van der Waals surface area contributed by atoms with Crippen molar-refractivity contribution in [3.8, 4) is 11.5 Å². The van der Waals surface area contributed by atoms with Gasteiger partial charge in [-0.25, -0.2) is 9.37 Å². The number of halogens is 1. The number of amides is 1. The summed E-state index contributed by atoms with van der Waals surface area (Å²) in [4.78, 5) is 17.7. The normalized spacial score (nSPS) is 12.3. The first kappa shape index (κ1) is 17.9. The maximum absolute atomic E-state index is 13.2. The van der Waals surface area contributed by atoms with Gasteiger partial charge < -0.3 is 9.73 Å². The number of benzene rings is 1. The van der Waals surface area contributed by atoms with Crippen molar-refractivity contribution >= 4 is 16.9 Å². The molecule has 0 aliphatic rings. The van der Waals surface area contributed by atoms with Crippen molar-refractivity contribution in [1.82, 2.24) is 20.1 Å². The Balaban J connectivity index is 1.76. The molecule has 7 heteroatoms. The number of fused-ring (bicyclic) bond motifs is 1. The zero-order valence-corrected chi connectivity index (χ0v) is 15.7. The van der Waals surface area contributed by atoms with Crippen molar-refractivity contribution in [2.75, 3.05) is 0 Å². The van der Waals surface area contributed by atoms with Crippen LogP contribution in [0.1, 0.15) is 34.6 Å². The minimum atomic E-state index is -0.313. The van der Waals surface area contributed by atoms with Gasteiger partial charge in [-0.15, -0.1) is 0 Å². The molecule has 0 aliphatic carbocycles. The number of carbonyl (C=O) groups is 1. The van der Waals surface area contributed by atoms with E-state index in [-0.39, 0.29) is 17.8 Å². The number of aromatic nitrogens is 3. The second-order valence-electron chi connectivity index (χ2n) is 6.69. The van der Waals surface area contributed by atoms with Crippen molar-refractivity contribution in [3.63, 3.8) is 0 Å². The van der Waals surface area contributed by atoms with Crippen LogP contribution in [0.2, 0.25) is 0 Å². The summed E-state index contributed by atoms with van der Waals surface area (Å²) in [6.45, 7) is 3.70. The molecule has 1 amide bonds. The van der Waals surface area contributed by atoms with Gasteiger partial charge >= 0.3 is 0 Å². The Labute approximate surface area is 161 Å². The van der Waals surface area contributed by atoms with Crippen LogP contribution < -0.4 is 5.32 Å². The van der Waals surface area contributed by atoms with E-state index in [1.54, 1.807) is 48.3 Å². The summed E-state index contributed by atoms with van der Waals surface area (Å²) in [5.74, 6) is 0.00158. The molecule has 1 N–H and O–H groups in total. The van der Waals surface area contributed by atoms with Crippen LogP contribution in [0.15, 0.2) is 53.1 Å². The Bertz CT molecular complexity index is 1150. The summed E-state index contributed by atoms with van der Waals surface area (Å²) in [6.07, 6.45) is 1.56. The highest BCUT2D eigenvalue weighted by atomic mass is 19.1. The van der Waals surface area contributed by atoms with Crippen molar-refractivity contribution in [2.45, 2.75) is 19.9 Å². The average Bonchev–Trinajstić information content (AvgIpc) is 3.30. The fourth-order valence-electron chi connectivity index (χ4n) is 3.28. The summed E-state index contributed by atoms with van der Waals surface area (Å²) >= 11 is 0. The van der Waals surface area contributed by atoms with Gasteiger partial charge in [0.15, 0.2) is 11.4 Å². The molecule has 4 aromatic rings. The van der Waals surface area contributed by atoms with Crippen LogP contribution in [0.25, 0.3) is 22.5 Å². The number of pyridine rings is 1. The van der Waals surface area contributed by atoms with Gasteiger partial charge in [-0.2, -0.15) is 5.10 Å². The predicted octanol–water partition coefficient (Wildman–Crippen LogP) is 4.17. The maximum Gasteiger partial charge on any atom is 0.252 e. The minimum absolute atomic E-state index is 0.256. The predicted molar refractivity (Wildman–Crippen MR) is 103 cm³/mol. The van der Waals surface area contributed by atoms with Crippen molar-refractivity contribution in [1.29, 1.82) is 0 Å². The summed E-state index contributed by atoms with van der Waals surface area (Å²) in [5, 5.41) is 8.08. The van der Waals surface area contributed by atoms with Gasteiger partial charge in [-0.3, -0.25) is 9.48 Å². The Kier molecular flexibility index (Phi) is 4.43. The highest BCUT2D eigenvalue weighted by Gasteiger charge is 2.21. The number of hydrogen-bond donors (Lipinski definition) is 1. The second kappa shape index (κ2) is 6.92. The van der Waals surface area contributed by atoms with E-state index >= 15 is 0 Å². The van der Waals surface area contributed by atoms with E-state index in [1.807, 2.05) is 13.8 Å². The highest BCUT2D eigenvalue weighted by molar-refractivity contribution is 6.07. The first-order valence-electron chi connectivity index (χ1n) is 8.88. The number of hydrogen-bond acceptors (Lipinski definition) is 4. The average molecular weight is 378 g/mol. The Morgan fingerprint density at radius 3 is 2.68 bits per heavy atom. The summed E-state index contributed by atoms with van der Waals surface area (Å²) < 4.78 is 20.3. The molecule has 0 spiro atoms. The van der Waals surface area contributed by atoms with Crippen LogP contribution in [0.5, 0.6) is 0 Å². The maximum atomic E-state index is 13.2. The van der Waals surface area contributed by atoms with Crippen LogP contribution >= 0.6 is 0 Å². The molecular formula is C21H19FN4O2. The third-order valence-corrected chi connectivity index (χ3v) is 4.70. The number of nitrogens with one attached hydrogen (secondary N) is 1. The lowest BCUT2D eigenvalue weighted by molar-refractivity contribution is 0.0941. The van der Waals surface area contributed by atoms with Crippen molar-refractivity contribution in [2.24, 2.45) is 7.05 Å². The fourth-order valence-corrected chi connectivity index (χ4v) is 3.28. The second-order valence-corrected chi connectivity index (χ2v) is 6.69. The first-order valence-corrected chi connectivity index (χ1v) is 8.88. The van der Waals surface area contributed by atoms with Gasteiger partial charge in [0.1, 0.15) is 11.5 Å². The molecule has 6 nitrogen and oxygen atoms in total. The van der Waals surface area contributed by atoms with E-state index in [0.29, 0.717) is 28.1 Å². The van der Waals surface area contributed by atoms with Gasteiger partial charge in [0, 0.05) is 7.05 Å². The molecule has 0 unspecified atom stereocenters. The van der Waals surface area contributed by atoms with E-state index in [0.717, 1.165) is 11.3 Å². The van der Waals surface area contributed by atoms with Crippen LogP contribution in [0.3, 0.4) is 0 Å². The van der Waals surface area contributed by atoms with Gasteiger partial charge in [-0.1, -0.05) is 12.1 Å². The molecule has 0 aliphatic heterocycles. The highest BCUT2D eigenvalue weighted by Crippen LogP contribution is 2.27. The van der Waals surface area contributed by atoms with Gasteiger partial charge in [-0.05, 0) is 49.7 Å². The van der Waals surface area contributed by atoms with E-state index in [9.17, 15) is 9.18 Å². The van der Waals surface area contributed by atoms with Gasteiger partial charge in [0.05, 0.1) is 28.9 Å². The standard InChI is InChI=1S/C21H19FN4O2/c1-12(14-6-8-15(22)9-7-14)23-21(27)16-11-17(18-5-4-10-28-18)24-20-19(16)13(2)25-26(20)3/h4-12H,1-3H3,(H,23,27)/t12-/m1/s1.